The normalized spacial score (nSPS) is 10.7. The van der Waals surface area contributed by atoms with Crippen molar-refractivity contribution in [1.29, 1.82) is 0 Å². The van der Waals surface area contributed by atoms with E-state index < -0.39 is 0 Å². The minimum atomic E-state index is -0.0194. The lowest BCUT2D eigenvalue weighted by atomic mass is 10.1. The van der Waals surface area contributed by atoms with Gasteiger partial charge in [0, 0.05) is 11.9 Å². The van der Waals surface area contributed by atoms with Gasteiger partial charge in [0.05, 0.1) is 11.6 Å². The molecule has 0 fully saturated rings. The maximum atomic E-state index is 12.3. The molecule has 3 heteroatoms. The van der Waals surface area contributed by atoms with Crippen LogP contribution in [0.1, 0.15) is 5.56 Å². The molecule has 0 aliphatic rings. The van der Waals surface area contributed by atoms with Crippen LogP contribution in [0, 0.1) is 0 Å². The summed E-state index contributed by atoms with van der Waals surface area (Å²) in [5.74, 6) is 0. The number of hydrogen-bond acceptors (Lipinski definition) is 2. The molecule has 1 aromatic heterocycles. The summed E-state index contributed by atoms with van der Waals surface area (Å²) >= 11 is 0. The standard InChI is InChI=1S/C16H14N2O/c19-16-15-9-5-4-8-14(15)12-17-18(16)11-10-13-6-2-1-3-7-13/h1-9,12H,10-11H2. The summed E-state index contributed by atoms with van der Waals surface area (Å²) in [6.07, 6.45) is 2.56. The molecule has 94 valence electrons. The first-order valence-corrected chi connectivity index (χ1v) is 6.33. The molecule has 0 bridgehead atoms. The quantitative estimate of drug-likeness (QED) is 0.716. The minimum Gasteiger partial charge on any atom is -0.267 e. The Morgan fingerprint density at radius 1 is 0.947 bits per heavy atom. The lowest BCUT2D eigenvalue weighted by molar-refractivity contribution is 0.584. The van der Waals surface area contributed by atoms with Gasteiger partial charge in [-0.05, 0) is 18.1 Å². The second kappa shape index (κ2) is 5.06. The molecule has 0 saturated carbocycles. The molecule has 1 heterocycles. The zero-order valence-electron chi connectivity index (χ0n) is 10.5. The van der Waals surface area contributed by atoms with Gasteiger partial charge in [-0.15, -0.1) is 0 Å². The van der Waals surface area contributed by atoms with Crippen molar-refractivity contribution in [3.05, 3.63) is 76.7 Å². The van der Waals surface area contributed by atoms with E-state index in [-0.39, 0.29) is 5.56 Å². The van der Waals surface area contributed by atoms with Crippen LogP contribution in [0.2, 0.25) is 0 Å². The van der Waals surface area contributed by atoms with E-state index in [0.29, 0.717) is 6.54 Å². The van der Waals surface area contributed by atoms with Gasteiger partial charge in [-0.3, -0.25) is 4.79 Å². The highest BCUT2D eigenvalue weighted by Crippen LogP contribution is 2.07. The summed E-state index contributed by atoms with van der Waals surface area (Å²) in [6, 6.07) is 17.7. The molecule has 0 radical (unpaired) electrons. The van der Waals surface area contributed by atoms with Crippen molar-refractivity contribution in [2.24, 2.45) is 0 Å². The first-order chi connectivity index (χ1) is 9.34. The van der Waals surface area contributed by atoms with Gasteiger partial charge >= 0.3 is 0 Å². The van der Waals surface area contributed by atoms with Crippen LogP contribution in [0.3, 0.4) is 0 Å². The topological polar surface area (TPSA) is 34.9 Å². The first-order valence-electron chi connectivity index (χ1n) is 6.33. The minimum absolute atomic E-state index is 0.0194. The fourth-order valence-electron chi connectivity index (χ4n) is 2.17. The van der Waals surface area contributed by atoms with E-state index in [9.17, 15) is 4.79 Å². The molecule has 3 aromatic rings. The van der Waals surface area contributed by atoms with Crippen LogP contribution in [0.15, 0.2) is 65.6 Å². The van der Waals surface area contributed by atoms with Crippen molar-refractivity contribution >= 4 is 10.8 Å². The van der Waals surface area contributed by atoms with E-state index >= 15 is 0 Å². The Balaban J connectivity index is 1.90. The lowest BCUT2D eigenvalue weighted by Crippen LogP contribution is -2.23. The van der Waals surface area contributed by atoms with E-state index in [1.165, 1.54) is 10.2 Å². The van der Waals surface area contributed by atoms with Gasteiger partial charge in [-0.1, -0.05) is 48.5 Å². The molecule has 0 amide bonds. The number of nitrogens with zero attached hydrogens (tertiary/aromatic N) is 2. The van der Waals surface area contributed by atoms with Crippen molar-refractivity contribution in [2.75, 3.05) is 0 Å². The summed E-state index contributed by atoms with van der Waals surface area (Å²) in [7, 11) is 0. The van der Waals surface area contributed by atoms with Crippen LogP contribution in [0.4, 0.5) is 0 Å². The number of aryl methyl sites for hydroxylation is 2. The zero-order valence-corrected chi connectivity index (χ0v) is 10.5. The fraction of sp³-hybridized carbons (Fsp3) is 0.125. The van der Waals surface area contributed by atoms with Crippen molar-refractivity contribution in [3.63, 3.8) is 0 Å². The van der Waals surface area contributed by atoms with E-state index in [4.69, 9.17) is 0 Å². The summed E-state index contributed by atoms with van der Waals surface area (Å²) in [5, 5.41) is 5.85. The average molecular weight is 250 g/mol. The lowest BCUT2D eigenvalue weighted by Gasteiger charge is -2.05. The third kappa shape index (κ3) is 2.40. The largest absolute Gasteiger partial charge is 0.274 e. The number of aromatic nitrogens is 2. The molecule has 0 spiro atoms. The van der Waals surface area contributed by atoms with Crippen molar-refractivity contribution in [3.8, 4) is 0 Å². The highest BCUT2D eigenvalue weighted by molar-refractivity contribution is 5.80. The molecular formula is C16H14N2O. The van der Waals surface area contributed by atoms with E-state index in [1.54, 1.807) is 6.20 Å². The van der Waals surface area contributed by atoms with E-state index in [1.807, 2.05) is 42.5 Å². The Morgan fingerprint density at radius 2 is 1.68 bits per heavy atom. The average Bonchev–Trinajstić information content (AvgIpc) is 2.48. The first kappa shape index (κ1) is 11.7. The van der Waals surface area contributed by atoms with Gasteiger partial charge in [-0.25, -0.2) is 4.68 Å². The molecule has 0 atom stereocenters. The number of hydrogen-bond donors (Lipinski definition) is 0. The predicted octanol–water partition coefficient (Wildman–Crippen LogP) is 2.64. The zero-order chi connectivity index (χ0) is 13.1. The van der Waals surface area contributed by atoms with E-state index in [2.05, 4.69) is 17.2 Å². The summed E-state index contributed by atoms with van der Waals surface area (Å²) in [4.78, 5) is 12.3. The maximum absolute atomic E-state index is 12.3. The molecule has 0 saturated heterocycles. The smallest absolute Gasteiger partial charge is 0.267 e. The Labute approximate surface area is 111 Å². The monoisotopic (exact) mass is 250 g/mol. The molecule has 3 rings (SSSR count). The second-order valence-electron chi connectivity index (χ2n) is 4.50. The van der Waals surface area contributed by atoms with Gasteiger partial charge in [0.2, 0.25) is 0 Å². The Morgan fingerprint density at radius 3 is 2.53 bits per heavy atom. The third-order valence-electron chi connectivity index (χ3n) is 3.22. The Bertz CT molecular complexity index is 747. The van der Waals surface area contributed by atoms with E-state index in [0.717, 1.165) is 17.2 Å². The van der Waals surface area contributed by atoms with Gasteiger partial charge in [0.1, 0.15) is 0 Å². The third-order valence-corrected chi connectivity index (χ3v) is 3.22. The van der Waals surface area contributed by atoms with Crippen LogP contribution in [0.5, 0.6) is 0 Å². The van der Waals surface area contributed by atoms with Crippen LogP contribution in [0.25, 0.3) is 10.8 Å². The maximum Gasteiger partial charge on any atom is 0.274 e. The van der Waals surface area contributed by atoms with Crippen LogP contribution < -0.4 is 5.56 Å². The Hall–Kier alpha value is -2.42. The van der Waals surface area contributed by atoms with Gasteiger partial charge in [0.15, 0.2) is 0 Å². The highest BCUT2D eigenvalue weighted by Gasteiger charge is 2.03. The molecule has 0 unspecified atom stereocenters. The molecule has 0 aliphatic carbocycles. The summed E-state index contributed by atoms with van der Waals surface area (Å²) < 4.78 is 1.54. The molecule has 19 heavy (non-hydrogen) atoms. The summed E-state index contributed by atoms with van der Waals surface area (Å²) in [5.41, 5.74) is 1.19. The van der Waals surface area contributed by atoms with Crippen molar-refractivity contribution < 1.29 is 0 Å². The van der Waals surface area contributed by atoms with Crippen LogP contribution in [-0.2, 0) is 13.0 Å². The van der Waals surface area contributed by atoms with Gasteiger partial charge < -0.3 is 0 Å². The predicted molar refractivity (Wildman–Crippen MR) is 76.1 cm³/mol. The number of benzene rings is 2. The van der Waals surface area contributed by atoms with Crippen LogP contribution >= 0.6 is 0 Å². The number of fused-ring (bicyclic) bond motifs is 1. The molecule has 0 N–H and O–H groups in total. The molecular weight excluding hydrogens is 236 g/mol. The highest BCUT2D eigenvalue weighted by atomic mass is 16.1. The fourth-order valence-corrected chi connectivity index (χ4v) is 2.17. The van der Waals surface area contributed by atoms with Crippen molar-refractivity contribution in [1.82, 2.24) is 9.78 Å². The molecule has 0 aliphatic heterocycles. The number of rotatable bonds is 3. The SMILES string of the molecule is O=c1c2ccccc2cnn1CCc1ccccc1. The Kier molecular flexibility index (Phi) is 3.11. The molecule has 3 nitrogen and oxygen atoms in total. The van der Waals surface area contributed by atoms with Gasteiger partial charge in [-0.2, -0.15) is 5.10 Å². The summed E-state index contributed by atoms with van der Waals surface area (Å²) in [6.45, 7) is 0.605. The second-order valence-corrected chi connectivity index (χ2v) is 4.50. The van der Waals surface area contributed by atoms with Crippen molar-refractivity contribution in [2.45, 2.75) is 13.0 Å². The molecule has 2 aromatic carbocycles. The van der Waals surface area contributed by atoms with Crippen LogP contribution in [-0.4, -0.2) is 9.78 Å². The van der Waals surface area contributed by atoms with Gasteiger partial charge in [0.25, 0.3) is 5.56 Å².